The minimum absolute atomic E-state index is 0.0522. The standard InChI is InChI=1S/C45H29N3/c1-3-13-29(14-4-1)44-37-20-9-11-21-40(37)46-45(47-44)43-35-19-8-7-17-33(35)38-27-30(23-25-36(38)43)31-24-26-42-39(28-31)34-18-10-12-22-41(34)48(42)32-15-5-2-6-16-32/h1-28,43H. The molecule has 9 aromatic rings. The van der Waals surface area contributed by atoms with Gasteiger partial charge in [0, 0.05) is 27.4 Å². The van der Waals surface area contributed by atoms with E-state index in [1.54, 1.807) is 0 Å². The van der Waals surface area contributed by atoms with E-state index in [2.05, 4.69) is 168 Å². The van der Waals surface area contributed by atoms with Crippen molar-refractivity contribution in [3.05, 3.63) is 187 Å². The van der Waals surface area contributed by atoms with Gasteiger partial charge in [-0.05, 0) is 75.8 Å². The Bertz CT molecular complexity index is 2670. The maximum atomic E-state index is 5.31. The fourth-order valence-corrected chi connectivity index (χ4v) is 7.71. The number of rotatable bonds is 4. The summed E-state index contributed by atoms with van der Waals surface area (Å²) in [5, 5.41) is 3.58. The zero-order chi connectivity index (χ0) is 31.6. The van der Waals surface area contributed by atoms with Crippen LogP contribution in [0.3, 0.4) is 0 Å². The molecule has 7 aromatic carbocycles. The number of para-hydroxylation sites is 3. The van der Waals surface area contributed by atoms with E-state index in [-0.39, 0.29) is 5.92 Å². The largest absolute Gasteiger partial charge is 0.309 e. The molecule has 0 radical (unpaired) electrons. The summed E-state index contributed by atoms with van der Waals surface area (Å²) in [5.74, 6) is 0.783. The Kier molecular flexibility index (Phi) is 5.94. The maximum Gasteiger partial charge on any atom is 0.141 e. The number of nitrogens with zero attached hydrogens (tertiary/aromatic N) is 3. The Morgan fingerprint density at radius 3 is 1.94 bits per heavy atom. The zero-order valence-electron chi connectivity index (χ0n) is 26.1. The first kappa shape index (κ1) is 26.9. The molecule has 0 saturated carbocycles. The van der Waals surface area contributed by atoms with Crippen LogP contribution < -0.4 is 0 Å². The first-order valence-corrected chi connectivity index (χ1v) is 16.5. The van der Waals surface area contributed by atoms with Crippen molar-refractivity contribution in [2.75, 3.05) is 0 Å². The van der Waals surface area contributed by atoms with Crippen molar-refractivity contribution in [3.63, 3.8) is 0 Å². The molecular formula is C45H29N3. The van der Waals surface area contributed by atoms with Crippen LogP contribution in [0.25, 0.3) is 71.9 Å². The van der Waals surface area contributed by atoms with Crippen LogP contribution in [0, 0.1) is 0 Å². The van der Waals surface area contributed by atoms with E-state index < -0.39 is 0 Å². The average Bonchev–Trinajstić information content (AvgIpc) is 3.67. The van der Waals surface area contributed by atoms with Crippen LogP contribution in [0.5, 0.6) is 0 Å². The summed E-state index contributed by atoms with van der Waals surface area (Å²) in [4.78, 5) is 10.5. The van der Waals surface area contributed by atoms with Gasteiger partial charge in [-0.3, -0.25) is 0 Å². The van der Waals surface area contributed by atoms with Gasteiger partial charge in [0.25, 0.3) is 0 Å². The van der Waals surface area contributed by atoms with E-state index in [0.717, 1.165) is 28.0 Å². The lowest BCUT2D eigenvalue weighted by molar-refractivity contribution is 0.891. The molecule has 3 nitrogen and oxygen atoms in total. The normalized spacial score (nSPS) is 13.6. The fourth-order valence-electron chi connectivity index (χ4n) is 7.71. The SMILES string of the molecule is c1ccc(-c2nc(C3c4ccccc4-c4cc(-c5ccc6c(c5)c5ccccc5n6-c5ccccc5)ccc43)nc3ccccc23)cc1. The highest BCUT2D eigenvalue weighted by Gasteiger charge is 2.32. The summed E-state index contributed by atoms with van der Waals surface area (Å²) < 4.78 is 2.37. The van der Waals surface area contributed by atoms with Crippen molar-refractivity contribution < 1.29 is 0 Å². The van der Waals surface area contributed by atoms with E-state index in [0.29, 0.717) is 0 Å². The van der Waals surface area contributed by atoms with Crippen molar-refractivity contribution in [3.8, 4) is 39.2 Å². The van der Waals surface area contributed by atoms with Gasteiger partial charge in [0.2, 0.25) is 0 Å². The number of benzene rings is 7. The van der Waals surface area contributed by atoms with E-state index in [1.165, 1.54) is 60.9 Å². The van der Waals surface area contributed by atoms with Gasteiger partial charge in [-0.1, -0.05) is 127 Å². The third-order valence-corrected chi connectivity index (χ3v) is 9.87. The van der Waals surface area contributed by atoms with Gasteiger partial charge in [0.15, 0.2) is 0 Å². The van der Waals surface area contributed by atoms with Crippen molar-refractivity contribution in [1.29, 1.82) is 0 Å². The second-order valence-corrected chi connectivity index (χ2v) is 12.6. The zero-order valence-corrected chi connectivity index (χ0v) is 26.1. The lowest BCUT2D eigenvalue weighted by Gasteiger charge is -2.16. The molecular weight excluding hydrogens is 583 g/mol. The Labute approximate surface area is 278 Å². The number of fused-ring (bicyclic) bond motifs is 7. The van der Waals surface area contributed by atoms with Crippen molar-refractivity contribution >= 4 is 32.7 Å². The molecule has 1 atom stereocenters. The Morgan fingerprint density at radius 2 is 1.06 bits per heavy atom. The second kappa shape index (κ2) is 10.6. The summed E-state index contributed by atoms with van der Waals surface area (Å²) in [6.45, 7) is 0. The smallest absolute Gasteiger partial charge is 0.141 e. The monoisotopic (exact) mass is 611 g/mol. The summed E-state index contributed by atoms with van der Waals surface area (Å²) in [5.41, 5.74) is 14.0. The van der Waals surface area contributed by atoms with Crippen molar-refractivity contribution in [2.45, 2.75) is 5.92 Å². The Hall–Kier alpha value is -6.32. The minimum atomic E-state index is -0.0522. The van der Waals surface area contributed by atoms with E-state index in [1.807, 2.05) is 6.07 Å². The predicted molar refractivity (Wildman–Crippen MR) is 198 cm³/mol. The van der Waals surface area contributed by atoms with Crippen molar-refractivity contribution in [2.24, 2.45) is 0 Å². The Balaban J connectivity index is 1.14. The molecule has 0 aliphatic heterocycles. The summed E-state index contributed by atoms with van der Waals surface area (Å²) in [6, 6.07) is 60.7. The molecule has 224 valence electrons. The average molecular weight is 612 g/mol. The molecule has 10 rings (SSSR count). The molecule has 0 N–H and O–H groups in total. The summed E-state index contributed by atoms with van der Waals surface area (Å²) in [6.07, 6.45) is 0. The molecule has 1 aliphatic rings. The molecule has 2 aromatic heterocycles. The molecule has 0 spiro atoms. The fraction of sp³-hybridized carbons (Fsp3) is 0.0222. The second-order valence-electron chi connectivity index (χ2n) is 12.6. The van der Waals surface area contributed by atoms with Gasteiger partial charge in [-0.2, -0.15) is 0 Å². The van der Waals surface area contributed by atoms with Gasteiger partial charge in [0.05, 0.1) is 28.2 Å². The van der Waals surface area contributed by atoms with Crippen LogP contribution in [-0.4, -0.2) is 14.5 Å². The highest BCUT2D eigenvalue weighted by Crippen LogP contribution is 2.49. The molecule has 2 heterocycles. The number of hydrogen-bond donors (Lipinski definition) is 0. The highest BCUT2D eigenvalue weighted by atomic mass is 15.0. The molecule has 48 heavy (non-hydrogen) atoms. The highest BCUT2D eigenvalue weighted by molar-refractivity contribution is 6.10. The molecule has 1 unspecified atom stereocenters. The molecule has 0 fully saturated rings. The number of aromatic nitrogens is 3. The number of hydrogen-bond acceptors (Lipinski definition) is 2. The molecule has 0 saturated heterocycles. The summed E-state index contributed by atoms with van der Waals surface area (Å²) >= 11 is 0. The van der Waals surface area contributed by atoms with Crippen LogP contribution >= 0.6 is 0 Å². The van der Waals surface area contributed by atoms with Gasteiger partial charge < -0.3 is 4.57 Å². The quantitative estimate of drug-likeness (QED) is 0.198. The molecule has 3 heteroatoms. The van der Waals surface area contributed by atoms with Gasteiger partial charge >= 0.3 is 0 Å². The Morgan fingerprint density at radius 1 is 0.417 bits per heavy atom. The lowest BCUT2D eigenvalue weighted by atomic mass is 9.93. The van der Waals surface area contributed by atoms with Gasteiger partial charge in [0.1, 0.15) is 5.82 Å². The molecule has 1 aliphatic carbocycles. The van der Waals surface area contributed by atoms with Gasteiger partial charge in [-0.25, -0.2) is 9.97 Å². The predicted octanol–water partition coefficient (Wildman–Crippen LogP) is 11.2. The van der Waals surface area contributed by atoms with Crippen LogP contribution in [-0.2, 0) is 0 Å². The van der Waals surface area contributed by atoms with Gasteiger partial charge in [-0.15, -0.1) is 0 Å². The van der Waals surface area contributed by atoms with E-state index >= 15 is 0 Å². The summed E-state index contributed by atoms with van der Waals surface area (Å²) in [7, 11) is 0. The first-order chi connectivity index (χ1) is 23.8. The third-order valence-electron chi connectivity index (χ3n) is 9.87. The minimum Gasteiger partial charge on any atom is -0.309 e. The lowest BCUT2D eigenvalue weighted by Crippen LogP contribution is -2.07. The van der Waals surface area contributed by atoms with E-state index in [4.69, 9.17) is 9.97 Å². The van der Waals surface area contributed by atoms with Crippen molar-refractivity contribution in [1.82, 2.24) is 14.5 Å². The maximum absolute atomic E-state index is 5.31. The van der Waals surface area contributed by atoms with Crippen LogP contribution in [0.15, 0.2) is 170 Å². The van der Waals surface area contributed by atoms with Crippen LogP contribution in [0.1, 0.15) is 22.9 Å². The topological polar surface area (TPSA) is 30.7 Å². The molecule has 0 bridgehead atoms. The third kappa shape index (κ3) is 4.08. The van der Waals surface area contributed by atoms with Crippen LogP contribution in [0.4, 0.5) is 0 Å². The molecule has 0 amide bonds. The van der Waals surface area contributed by atoms with Crippen LogP contribution in [0.2, 0.25) is 0 Å². The first-order valence-electron chi connectivity index (χ1n) is 16.5. The van der Waals surface area contributed by atoms with E-state index in [9.17, 15) is 0 Å².